The van der Waals surface area contributed by atoms with Gasteiger partial charge in [0.25, 0.3) is 0 Å². The number of carbonyl (C=O) groups excluding carboxylic acids is 3. The fourth-order valence-corrected chi connectivity index (χ4v) is 9.90. The average molecular weight is 1270 g/mol. The molecule has 0 aromatic heterocycles. The average Bonchev–Trinajstić information content (AvgIpc) is 1.43. The molecule has 9 aromatic carbocycles. The van der Waals surface area contributed by atoms with Gasteiger partial charge in [-0.1, -0.05) is 153 Å². The summed E-state index contributed by atoms with van der Waals surface area (Å²) in [7, 11) is 0. The molecule has 0 spiro atoms. The Morgan fingerprint density at radius 1 is 0.392 bits per heavy atom. The van der Waals surface area contributed by atoms with Crippen LogP contribution in [0.15, 0.2) is 263 Å². The first-order valence-corrected chi connectivity index (χ1v) is 31.7. The minimum Gasteiger partial charge on any atom is -0.466 e. The molecule has 2 saturated heterocycles. The highest BCUT2D eigenvalue weighted by Gasteiger charge is 2.26. The van der Waals surface area contributed by atoms with Crippen LogP contribution in [0.3, 0.4) is 0 Å². The summed E-state index contributed by atoms with van der Waals surface area (Å²) >= 11 is 0. The van der Waals surface area contributed by atoms with Crippen molar-refractivity contribution in [1.29, 1.82) is 0 Å². The number of rotatable bonds is 16. The largest absolute Gasteiger partial charge is 0.466 e. The molecule has 4 aliphatic rings. The van der Waals surface area contributed by atoms with E-state index in [1.807, 2.05) is 140 Å². The zero-order valence-corrected chi connectivity index (χ0v) is 54.0. The molecule has 0 N–H and O–H groups in total. The van der Waals surface area contributed by atoms with Gasteiger partial charge in [-0.25, -0.2) is 14.4 Å². The van der Waals surface area contributed by atoms with E-state index in [2.05, 4.69) is 129 Å². The highest BCUT2D eigenvalue weighted by Crippen LogP contribution is 2.42. The van der Waals surface area contributed by atoms with Crippen molar-refractivity contribution in [3.8, 4) is 98.4 Å². The monoisotopic (exact) mass is 1270 g/mol. The van der Waals surface area contributed by atoms with E-state index in [0.717, 1.165) is 92.0 Å². The van der Waals surface area contributed by atoms with Crippen LogP contribution >= 0.6 is 0 Å². The van der Waals surface area contributed by atoms with Crippen molar-refractivity contribution in [3.05, 3.63) is 330 Å². The topological polar surface area (TPSA) is 122 Å². The Bertz CT molecular complexity index is 4720. The Morgan fingerprint density at radius 2 is 0.711 bits per heavy atom. The maximum Gasteiger partial charge on any atom is 0.338 e. The number of ether oxygens (including phenoxy) is 7. The summed E-state index contributed by atoms with van der Waals surface area (Å²) in [5.41, 5.74) is 15.7. The first-order chi connectivity index (χ1) is 47.2. The van der Waals surface area contributed by atoms with E-state index in [4.69, 9.17) is 33.2 Å². The number of hydrogen-bond donors (Lipinski definition) is 0. The van der Waals surface area contributed by atoms with E-state index in [9.17, 15) is 14.4 Å². The van der Waals surface area contributed by atoms with Gasteiger partial charge in [0.15, 0.2) is 0 Å². The summed E-state index contributed by atoms with van der Waals surface area (Å²) in [4.78, 5) is 36.3. The van der Waals surface area contributed by atoms with Crippen molar-refractivity contribution in [2.75, 3.05) is 13.2 Å². The van der Waals surface area contributed by atoms with Crippen LogP contribution in [0, 0.1) is 47.4 Å². The lowest BCUT2D eigenvalue weighted by atomic mass is 10.00. The van der Waals surface area contributed by atoms with Gasteiger partial charge in [0.1, 0.15) is 41.0 Å². The molecule has 10 nitrogen and oxygen atoms in total. The third kappa shape index (κ3) is 19.2. The minimum absolute atomic E-state index is 0.217. The minimum atomic E-state index is -0.546. The molecule has 13 rings (SSSR count). The van der Waals surface area contributed by atoms with E-state index >= 15 is 0 Å². The lowest BCUT2D eigenvalue weighted by Crippen LogP contribution is -2.09. The smallest absolute Gasteiger partial charge is 0.338 e. The van der Waals surface area contributed by atoms with Crippen LogP contribution < -0.4 is 23.7 Å². The zero-order chi connectivity index (χ0) is 67.6. The summed E-state index contributed by atoms with van der Waals surface area (Å²) in [6.07, 6.45) is 9.44. The predicted molar refractivity (Wildman–Crippen MR) is 380 cm³/mol. The van der Waals surface area contributed by atoms with Gasteiger partial charge in [-0.2, -0.15) is 0 Å². The Balaban J connectivity index is 0.000000148. The number of hydrogen-bond acceptors (Lipinski definition) is 10. The van der Waals surface area contributed by atoms with Crippen LogP contribution in [0.2, 0.25) is 0 Å². The van der Waals surface area contributed by atoms with Crippen molar-refractivity contribution in [2.24, 2.45) is 0 Å². The Morgan fingerprint density at radius 3 is 1.10 bits per heavy atom. The summed E-state index contributed by atoms with van der Waals surface area (Å²) in [5, 5.41) is 0. The molecule has 2 aliphatic carbocycles. The lowest BCUT2D eigenvalue weighted by molar-refractivity contribution is -0.130. The molecular formula is C87H68O10. The van der Waals surface area contributed by atoms with Gasteiger partial charge in [0.2, 0.25) is 0 Å². The third-order valence-electron chi connectivity index (χ3n) is 15.7. The fourth-order valence-electron chi connectivity index (χ4n) is 9.90. The van der Waals surface area contributed by atoms with Crippen LogP contribution in [0.4, 0.5) is 0 Å². The van der Waals surface area contributed by atoms with Crippen molar-refractivity contribution in [1.82, 2.24) is 0 Å². The Labute approximate surface area is 567 Å². The SMILES string of the molecule is C=C(C)C(=O)Oc1cc(C#Cc2ccc(C3CC3)cc2)ccc1-c1ccc(C2CC2)cc1.C=C(C)C(=O)Oc1cc(C#Cc2ccc(C3CO3)cc2)ccc1C#Cc1ccc(C2CO2)cc1.C=COc1ccc(C#Cc2ccc(-c3ccc(OC=C)cc3)c(OC(=O)C=C)c2)cc1. The maximum absolute atomic E-state index is 12.3. The second-order valence-corrected chi connectivity index (χ2v) is 23.4. The molecule has 10 heteroatoms. The number of benzene rings is 9. The molecule has 2 unspecified atom stereocenters. The van der Waals surface area contributed by atoms with E-state index in [0.29, 0.717) is 56.9 Å². The molecule has 0 bridgehead atoms. The number of carbonyl (C=O) groups is 3. The van der Waals surface area contributed by atoms with Gasteiger partial charge in [-0.3, -0.25) is 0 Å². The molecule has 2 aliphatic heterocycles. The van der Waals surface area contributed by atoms with Crippen molar-refractivity contribution in [3.63, 3.8) is 0 Å². The first kappa shape index (κ1) is 66.3. The van der Waals surface area contributed by atoms with Crippen molar-refractivity contribution >= 4 is 17.9 Å². The standard InChI is InChI=1S/C30H22O4.C30H26O2.C27H20O4/c1-20(2)30(31)34-27-17-23(4-3-21-6-12-25(13-7-21)28-18-32-28)10-16-24(27)11-5-22-8-14-26(15-9-22)29-19-33-29;1-20(2)30(31)32-29-19-22(4-3-21-5-8-23(9-6-21)24-10-11-24)7-18-28(29)27-16-14-26(15-17-27)25-12-13-25;1-4-27(28)31-26-19-21(8-7-20-9-14-23(15-10-20)29-5-2)11-18-25(26)22-12-16-24(17-13-22)30-6-3/h6-10,12-17,28-29H,1,18-19H2,2H3;5-9,14-19,24-25H,1,10-13H2,2H3;4-6,9-19H,1-3H2. The third-order valence-corrected chi connectivity index (χ3v) is 15.7. The molecule has 97 heavy (non-hydrogen) atoms. The predicted octanol–water partition coefficient (Wildman–Crippen LogP) is 18.0. The summed E-state index contributed by atoms with van der Waals surface area (Å²) < 4.78 is 37.8. The molecule has 2 heterocycles. The quantitative estimate of drug-likeness (QED) is 0.0231. The maximum atomic E-state index is 12.3. The molecule has 4 fully saturated rings. The highest BCUT2D eigenvalue weighted by molar-refractivity contribution is 5.91. The number of esters is 3. The van der Waals surface area contributed by atoms with Crippen LogP contribution in [0.25, 0.3) is 22.3 Å². The van der Waals surface area contributed by atoms with E-state index in [1.165, 1.54) is 49.3 Å². The highest BCUT2D eigenvalue weighted by atomic mass is 16.6. The van der Waals surface area contributed by atoms with Gasteiger partial charge in [0.05, 0.1) is 31.3 Å². The molecular weight excluding hydrogens is 1200 g/mol. The molecule has 9 aromatic rings. The normalized spacial score (nSPS) is 14.1. The van der Waals surface area contributed by atoms with E-state index in [-0.39, 0.29) is 12.2 Å². The summed E-state index contributed by atoms with van der Waals surface area (Å²) in [6.45, 7) is 22.7. The van der Waals surface area contributed by atoms with E-state index in [1.54, 1.807) is 26.0 Å². The number of epoxide rings is 2. The Hall–Kier alpha value is -12.2. The second kappa shape index (κ2) is 31.7. The van der Waals surface area contributed by atoms with Crippen LogP contribution in [-0.2, 0) is 23.9 Å². The summed E-state index contributed by atoms with van der Waals surface area (Å²) in [6, 6.07) is 64.4. The molecule has 0 radical (unpaired) electrons. The van der Waals surface area contributed by atoms with Gasteiger partial charge in [-0.05, 0) is 212 Å². The van der Waals surface area contributed by atoms with Gasteiger partial charge in [0, 0.05) is 67.3 Å². The molecule has 2 saturated carbocycles. The molecule has 476 valence electrons. The molecule has 2 atom stereocenters. The first-order valence-electron chi connectivity index (χ1n) is 31.7. The fraction of sp³-hybridized carbons (Fsp3) is 0.138. The van der Waals surface area contributed by atoms with Crippen LogP contribution in [0.5, 0.6) is 28.7 Å². The second-order valence-electron chi connectivity index (χ2n) is 23.4. The van der Waals surface area contributed by atoms with Gasteiger partial charge >= 0.3 is 17.9 Å². The zero-order valence-electron chi connectivity index (χ0n) is 54.0. The Kier molecular flexibility index (Phi) is 21.6. The van der Waals surface area contributed by atoms with Crippen molar-refractivity contribution < 1.29 is 47.5 Å². The van der Waals surface area contributed by atoms with Gasteiger partial charge in [-0.15, -0.1) is 0 Å². The molecule has 0 amide bonds. The van der Waals surface area contributed by atoms with E-state index < -0.39 is 17.9 Å². The van der Waals surface area contributed by atoms with Gasteiger partial charge < -0.3 is 33.2 Å². The van der Waals surface area contributed by atoms with Crippen LogP contribution in [-0.4, -0.2) is 31.1 Å². The van der Waals surface area contributed by atoms with Crippen LogP contribution in [0.1, 0.15) is 130 Å². The van der Waals surface area contributed by atoms with Crippen molar-refractivity contribution in [2.45, 2.75) is 63.6 Å². The summed E-state index contributed by atoms with van der Waals surface area (Å²) in [5.74, 6) is 27.7. The lowest BCUT2D eigenvalue weighted by Gasteiger charge is -2.12.